The number of hydrogen-bond acceptors (Lipinski definition) is 4. The molecule has 4 aliphatic carbocycles. The Bertz CT molecular complexity index is 777. The molecule has 2 amide bonds. The van der Waals surface area contributed by atoms with E-state index in [1.807, 2.05) is 0 Å². The van der Waals surface area contributed by atoms with Gasteiger partial charge in [0.15, 0.2) is 0 Å². The number of methoxy groups -OCH3 is 1. The number of nitrogens with zero attached hydrogens (tertiary/aromatic N) is 1. The average Bonchev–Trinajstić information content (AvgIpc) is 3.38. The average molecular weight is 323 g/mol. The van der Waals surface area contributed by atoms with Crippen molar-refractivity contribution in [3.05, 3.63) is 42.0 Å². The van der Waals surface area contributed by atoms with Gasteiger partial charge < -0.3 is 4.74 Å². The Morgan fingerprint density at radius 2 is 1.71 bits per heavy atom. The second kappa shape index (κ2) is 4.56. The Labute approximate surface area is 139 Å². The van der Waals surface area contributed by atoms with Crippen LogP contribution in [0.3, 0.4) is 0 Å². The molecule has 0 spiro atoms. The second-order valence-corrected chi connectivity index (χ2v) is 7.21. The summed E-state index contributed by atoms with van der Waals surface area (Å²) in [5, 5.41) is 0. The molecule has 5 heteroatoms. The van der Waals surface area contributed by atoms with Gasteiger partial charge in [-0.25, -0.2) is 9.69 Å². The monoisotopic (exact) mass is 323 g/mol. The Kier molecular flexibility index (Phi) is 2.65. The van der Waals surface area contributed by atoms with Crippen LogP contribution in [0.15, 0.2) is 36.4 Å². The number of carbonyl (C=O) groups is 3. The molecule has 6 atom stereocenters. The first-order valence-corrected chi connectivity index (χ1v) is 8.36. The van der Waals surface area contributed by atoms with Crippen molar-refractivity contribution < 1.29 is 19.1 Å². The molecule has 2 saturated carbocycles. The van der Waals surface area contributed by atoms with Crippen molar-refractivity contribution in [1.29, 1.82) is 0 Å². The maximum absolute atomic E-state index is 13.0. The Hall–Kier alpha value is -2.43. The molecule has 5 nitrogen and oxygen atoms in total. The fourth-order valence-corrected chi connectivity index (χ4v) is 5.10. The summed E-state index contributed by atoms with van der Waals surface area (Å²) in [7, 11) is 1.31. The van der Waals surface area contributed by atoms with Crippen molar-refractivity contribution >= 4 is 23.5 Å². The van der Waals surface area contributed by atoms with E-state index in [1.54, 1.807) is 24.3 Å². The van der Waals surface area contributed by atoms with Crippen molar-refractivity contribution in [2.45, 2.75) is 6.42 Å². The van der Waals surface area contributed by atoms with Crippen molar-refractivity contribution in [3.63, 3.8) is 0 Å². The SMILES string of the molecule is COC(=O)c1cccc(N2C(=O)[C@@H]3[C@H]4C=C[C@@H]([C@@H]5C[C@H]45)[C@H]3C2=O)c1. The van der Waals surface area contributed by atoms with Crippen molar-refractivity contribution in [3.8, 4) is 0 Å². The van der Waals surface area contributed by atoms with Crippen molar-refractivity contribution in [1.82, 2.24) is 0 Å². The normalized spacial score (nSPS) is 38.1. The smallest absolute Gasteiger partial charge is 0.337 e. The number of anilines is 1. The molecule has 1 aromatic rings. The highest BCUT2D eigenvalue weighted by Gasteiger charge is 2.67. The lowest BCUT2D eigenvalue weighted by atomic mass is 9.63. The number of amides is 2. The lowest BCUT2D eigenvalue weighted by Gasteiger charge is -2.37. The van der Waals surface area contributed by atoms with E-state index in [9.17, 15) is 14.4 Å². The zero-order chi connectivity index (χ0) is 16.6. The molecule has 0 N–H and O–H groups in total. The van der Waals surface area contributed by atoms with Gasteiger partial charge in [0, 0.05) is 0 Å². The van der Waals surface area contributed by atoms with Gasteiger partial charge in [-0.2, -0.15) is 0 Å². The summed E-state index contributed by atoms with van der Waals surface area (Å²) in [5.74, 6) is 0.421. The van der Waals surface area contributed by atoms with Crippen LogP contribution < -0.4 is 4.90 Å². The van der Waals surface area contributed by atoms with E-state index >= 15 is 0 Å². The van der Waals surface area contributed by atoms with Gasteiger partial charge in [0.05, 0.1) is 30.2 Å². The molecular weight excluding hydrogens is 306 g/mol. The quantitative estimate of drug-likeness (QED) is 0.475. The summed E-state index contributed by atoms with van der Waals surface area (Å²) < 4.78 is 4.73. The number of allylic oxidation sites excluding steroid dienone is 2. The molecule has 1 saturated heterocycles. The van der Waals surface area contributed by atoms with Crippen LogP contribution >= 0.6 is 0 Å². The van der Waals surface area contributed by atoms with Crippen LogP contribution in [0.25, 0.3) is 0 Å². The summed E-state index contributed by atoms with van der Waals surface area (Å²) in [6, 6.07) is 6.56. The van der Waals surface area contributed by atoms with E-state index in [-0.39, 0.29) is 35.5 Å². The zero-order valence-corrected chi connectivity index (χ0v) is 13.2. The third kappa shape index (κ3) is 1.62. The summed E-state index contributed by atoms with van der Waals surface area (Å²) in [6.07, 6.45) is 5.45. The molecule has 3 fully saturated rings. The molecule has 1 aliphatic heterocycles. The van der Waals surface area contributed by atoms with Gasteiger partial charge in [-0.05, 0) is 48.3 Å². The molecule has 1 heterocycles. The van der Waals surface area contributed by atoms with Crippen LogP contribution in [0.5, 0.6) is 0 Å². The number of esters is 1. The van der Waals surface area contributed by atoms with Gasteiger partial charge in [0.2, 0.25) is 11.8 Å². The van der Waals surface area contributed by atoms with Gasteiger partial charge in [-0.1, -0.05) is 18.2 Å². The minimum atomic E-state index is -0.476. The molecule has 0 radical (unpaired) electrons. The summed E-state index contributed by atoms with van der Waals surface area (Å²) >= 11 is 0. The highest BCUT2D eigenvalue weighted by molar-refractivity contribution is 6.22. The number of rotatable bonds is 2. The lowest BCUT2D eigenvalue weighted by molar-refractivity contribution is -0.124. The first-order chi connectivity index (χ1) is 11.6. The topological polar surface area (TPSA) is 63.7 Å². The number of carbonyl (C=O) groups excluding carboxylic acids is 3. The largest absolute Gasteiger partial charge is 0.465 e. The second-order valence-electron chi connectivity index (χ2n) is 7.21. The molecule has 122 valence electrons. The fourth-order valence-electron chi connectivity index (χ4n) is 5.10. The Morgan fingerprint density at radius 3 is 2.29 bits per heavy atom. The maximum Gasteiger partial charge on any atom is 0.337 e. The number of hydrogen-bond donors (Lipinski definition) is 0. The number of ether oxygens (including phenoxy) is 1. The molecule has 1 aromatic carbocycles. The molecule has 0 unspecified atom stereocenters. The van der Waals surface area contributed by atoms with Crippen LogP contribution in [0.2, 0.25) is 0 Å². The number of imide groups is 1. The highest BCUT2D eigenvalue weighted by Crippen LogP contribution is 2.65. The van der Waals surface area contributed by atoms with Crippen molar-refractivity contribution in [2.75, 3.05) is 12.0 Å². The molecule has 24 heavy (non-hydrogen) atoms. The fraction of sp³-hybridized carbons (Fsp3) is 0.421. The van der Waals surface area contributed by atoms with E-state index < -0.39 is 5.97 Å². The van der Waals surface area contributed by atoms with E-state index in [1.165, 1.54) is 12.0 Å². The van der Waals surface area contributed by atoms with Crippen LogP contribution in [-0.2, 0) is 14.3 Å². The van der Waals surface area contributed by atoms with E-state index in [4.69, 9.17) is 4.74 Å². The van der Waals surface area contributed by atoms with Crippen LogP contribution in [0.4, 0.5) is 5.69 Å². The van der Waals surface area contributed by atoms with E-state index in [0.29, 0.717) is 23.1 Å². The summed E-state index contributed by atoms with van der Waals surface area (Å²) in [5.41, 5.74) is 0.810. The maximum atomic E-state index is 13.0. The van der Waals surface area contributed by atoms with Crippen LogP contribution in [-0.4, -0.2) is 24.9 Å². The highest BCUT2D eigenvalue weighted by atomic mass is 16.5. The molecular formula is C19H17NO4. The molecule has 2 bridgehead atoms. The van der Waals surface area contributed by atoms with E-state index in [2.05, 4.69) is 12.2 Å². The van der Waals surface area contributed by atoms with Gasteiger partial charge in [-0.3, -0.25) is 9.59 Å². The van der Waals surface area contributed by atoms with Gasteiger partial charge >= 0.3 is 5.97 Å². The van der Waals surface area contributed by atoms with Crippen molar-refractivity contribution in [2.24, 2.45) is 35.5 Å². The minimum Gasteiger partial charge on any atom is -0.465 e. The van der Waals surface area contributed by atoms with Gasteiger partial charge in [0.25, 0.3) is 0 Å². The van der Waals surface area contributed by atoms with Crippen LogP contribution in [0, 0.1) is 35.5 Å². The van der Waals surface area contributed by atoms with Crippen LogP contribution in [0.1, 0.15) is 16.8 Å². The minimum absolute atomic E-state index is 0.114. The first-order valence-electron chi connectivity index (χ1n) is 8.36. The third-order valence-corrected chi connectivity index (χ3v) is 6.19. The number of benzene rings is 1. The summed E-state index contributed by atoms with van der Waals surface area (Å²) in [6.45, 7) is 0. The van der Waals surface area contributed by atoms with E-state index in [0.717, 1.165) is 6.42 Å². The molecule has 5 aliphatic rings. The molecule has 0 aromatic heterocycles. The standard InChI is InChI=1S/C19H17NO4/c1-24-19(23)9-3-2-4-10(7-9)20-17(21)15-11-5-6-12(14-8-13(11)14)16(15)18(20)22/h2-7,11-16H,8H2,1H3/t11-,12-,13-,14+,15+,16+/m0/s1. The zero-order valence-electron chi connectivity index (χ0n) is 13.2. The van der Waals surface area contributed by atoms with Gasteiger partial charge in [-0.15, -0.1) is 0 Å². The first kappa shape index (κ1) is 14.0. The Morgan fingerprint density at radius 1 is 1.08 bits per heavy atom. The Balaban J connectivity index is 1.54. The molecule has 6 rings (SSSR count). The summed E-state index contributed by atoms with van der Waals surface area (Å²) in [4.78, 5) is 39.0. The predicted molar refractivity (Wildman–Crippen MR) is 85.0 cm³/mol. The third-order valence-electron chi connectivity index (χ3n) is 6.19. The predicted octanol–water partition coefficient (Wildman–Crippen LogP) is 2.03. The van der Waals surface area contributed by atoms with Gasteiger partial charge in [0.1, 0.15) is 0 Å². The lowest BCUT2D eigenvalue weighted by Crippen LogP contribution is -2.40.